The van der Waals surface area contributed by atoms with Gasteiger partial charge in [-0.05, 0) is 49.7 Å². The standard InChI is InChI=1S/C20H31N3O3/c1-3-22-11-8-16(15-22)14-21-20(24)23-12-9-19(10-13-23)26-18-6-4-17(25-2)5-7-18/h4-7,16,19H,3,8-15H2,1-2H3,(H,21,24)/t16-/m1/s1. The minimum Gasteiger partial charge on any atom is -0.497 e. The number of ether oxygens (including phenoxy) is 2. The molecular formula is C20H31N3O3. The summed E-state index contributed by atoms with van der Waals surface area (Å²) in [6.07, 6.45) is 3.09. The smallest absolute Gasteiger partial charge is 0.317 e. The second kappa shape index (κ2) is 9.12. The first-order chi connectivity index (χ1) is 12.7. The van der Waals surface area contributed by atoms with Crippen LogP contribution in [0.3, 0.4) is 0 Å². The fourth-order valence-corrected chi connectivity index (χ4v) is 3.73. The SMILES string of the molecule is CCN1CC[C@H](CNC(=O)N2CCC(Oc3ccc(OC)cc3)CC2)C1. The Morgan fingerprint density at radius 3 is 2.42 bits per heavy atom. The average Bonchev–Trinajstić information content (AvgIpc) is 3.15. The number of carbonyl (C=O) groups excluding carboxylic acids is 1. The van der Waals surface area contributed by atoms with E-state index in [0.717, 1.165) is 63.6 Å². The maximum atomic E-state index is 12.4. The van der Waals surface area contributed by atoms with Crippen LogP contribution in [0.15, 0.2) is 24.3 Å². The maximum Gasteiger partial charge on any atom is 0.317 e. The van der Waals surface area contributed by atoms with Crippen molar-refractivity contribution in [1.29, 1.82) is 0 Å². The first-order valence-corrected chi connectivity index (χ1v) is 9.73. The van der Waals surface area contributed by atoms with Gasteiger partial charge in [-0.1, -0.05) is 6.92 Å². The van der Waals surface area contributed by atoms with Gasteiger partial charge in [0.05, 0.1) is 7.11 Å². The Balaban J connectivity index is 1.36. The van der Waals surface area contributed by atoms with Crippen LogP contribution in [-0.2, 0) is 0 Å². The average molecular weight is 361 g/mol. The molecule has 2 saturated heterocycles. The van der Waals surface area contributed by atoms with Crippen molar-refractivity contribution in [1.82, 2.24) is 15.1 Å². The topological polar surface area (TPSA) is 54.0 Å². The van der Waals surface area contributed by atoms with Gasteiger partial charge in [0.15, 0.2) is 0 Å². The molecule has 3 rings (SSSR count). The van der Waals surface area contributed by atoms with Crippen LogP contribution in [0.1, 0.15) is 26.2 Å². The molecule has 1 aromatic carbocycles. The van der Waals surface area contributed by atoms with Gasteiger partial charge < -0.3 is 24.6 Å². The van der Waals surface area contributed by atoms with E-state index in [2.05, 4.69) is 17.1 Å². The van der Waals surface area contributed by atoms with Crippen molar-refractivity contribution in [2.24, 2.45) is 5.92 Å². The van der Waals surface area contributed by atoms with E-state index in [9.17, 15) is 4.79 Å². The molecule has 144 valence electrons. The van der Waals surface area contributed by atoms with Crippen molar-refractivity contribution >= 4 is 6.03 Å². The number of methoxy groups -OCH3 is 1. The quantitative estimate of drug-likeness (QED) is 0.846. The van der Waals surface area contributed by atoms with Crippen LogP contribution >= 0.6 is 0 Å². The normalized spacial score (nSPS) is 21.6. The van der Waals surface area contributed by atoms with E-state index in [0.29, 0.717) is 5.92 Å². The molecule has 2 aliphatic heterocycles. The zero-order valence-corrected chi connectivity index (χ0v) is 15.9. The van der Waals surface area contributed by atoms with E-state index in [1.54, 1.807) is 7.11 Å². The lowest BCUT2D eigenvalue weighted by atomic mass is 10.1. The Bertz CT molecular complexity index is 570. The minimum atomic E-state index is 0.0721. The van der Waals surface area contributed by atoms with Crippen LogP contribution < -0.4 is 14.8 Å². The van der Waals surface area contributed by atoms with Crippen molar-refractivity contribution in [2.45, 2.75) is 32.3 Å². The summed E-state index contributed by atoms with van der Waals surface area (Å²) < 4.78 is 11.2. The van der Waals surface area contributed by atoms with Gasteiger partial charge in [-0.25, -0.2) is 4.79 Å². The zero-order chi connectivity index (χ0) is 18.4. The lowest BCUT2D eigenvalue weighted by Crippen LogP contribution is -2.47. The second-order valence-corrected chi connectivity index (χ2v) is 7.21. The van der Waals surface area contributed by atoms with Crippen LogP contribution in [0.2, 0.25) is 0 Å². The summed E-state index contributed by atoms with van der Waals surface area (Å²) in [6.45, 7) is 7.85. The third kappa shape index (κ3) is 5.04. The molecule has 0 radical (unpaired) electrons. The molecule has 6 heteroatoms. The molecule has 0 saturated carbocycles. The number of nitrogens with zero attached hydrogens (tertiary/aromatic N) is 2. The highest BCUT2D eigenvalue weighted by Gasteiger charge is 2.26. The first kappa shape index (κ1) is 18.8. The second-order valence-electron chi connectivity index (χ2n) is 7.21. The lowest BCUT2D eigenvalue weighted by molar-refractivity contribution is 0.110. The molecule has 1 N–H and O–H groups in total. The van der Waals surface area contributed by atoms with Crippen molar-refractivity contribution in [3.05, 3.63) is 24.3 Å². The predicted molar refractivity (Wildman–Crippen MR) is 102 cm³/mol. The number of carbonyl (C=O) groups is 1. The van der Waals surface area contributed by atoms with E-state index < -0.39 is 0 Å². The summed E-state index contributed by atoms with van der Waals surface area (Å²) in [5.41, 5.74) is 0. The molecule has 6 nitrogen and oxygen atoms in total. The minimum absolute atomic E-state index is 0.0721. The highest BCUT2D eigenvalue weighted by atomic mass is 16.5. The van der Waals surface area contributed by atoms with Gasteiger partial charge in [0.25, 0.3) is 0 Å². The van der Waals surface area contributed by atoms with Gasteiger partial charge in [0, 0.05) is 39.0 Å². The number of rotatable bonds is 6. The number of urea groups is 1. The Morgan fingerprint density at radius 1 is 1.12 bits per heavy atom. The summed E-state index contributed by atoms with van der Waals surface area (Å²) in [6, 6.07) is 7.74. The zero-order valence-electron chi connectivity index (χ0n) is 15.9. The third-order valence-corrected chi connectivity index (χ3v) is 5.45. The number of nitrogens with one attached hydrogen (secondary N) is 1. The fraction of sp³-hybridized carbons (Fsp3) is 0.650. The summed E-state index contributed by atoms with van der Waals surface area (Å²) in [5.74, 6) is 2.28. The summed E-state index contributed by atoms with van der Waals surface area (Å²) in [7, 11) is 1.66. The molecule has 0 unspecified atom stereocenters. The number of likely N-dealkylation sites (tertiary alicyclic amines) is 2. The summed E-state index contributed by atoms with van der Waals surface area (Å²) in [5, 5.41) is 3.12. The molecule has 1 aromatic rings. The number of hydrogen-bond donors (Lipinski definition) is 1. The van der Waals surface area contributed by atoms with Gasteiger partial charge in [0.2, 0.25) is 0 Å². The molecule has 2 amide bonds. The number of amides is 2. The highest BCUT2D eigenvalue weighted by molar-refractivity contribution is 5.74. The Hall–Kier alpha value is -1.95. The molecule has 0 aliphatic carbocycles. The van der Waals surface area contributed by atoms with E-state index in [4.69, 9.17) is 9.47 Å². The summed E-state index contributed by atoms with van der Waals surface area (Å²) in [4.78, 5) is 16.7. The van der Waals surface area contributed by atoms with E-state index >= 15 is 0 Å². The van der Waals surface area contributed by atoms with Gasteiger partial charge in [-0.3, -0.25) is 0 Å². The van der Waals surface area contributed by atoms with Gasteiger partial charge in [-0.15, -0.1) is 0 Å². The van der Waals surface area contributed by atoms with Crippen LogP contribution in [0.4, 0.5) is 4.79 Å². The number of benzene rings is 1. The van der Waals surface area contributed by atoms with E-state index in [-0.39, 0.29) is 12.1 Å². The molecular weight excluding hydrogens is 330 g/mol. The van der Waals surface area contributed by atoms with Crippen molar-refractivity contribution in [2.75, 3.05) is 46.4 Å². The molecule has 2 aliphatic rings. The molecule has 2 heterocycles. The van der Waals surface area contributed by atoms with Crippen molar-refractivity contribution in [3.8, 4) is 11.5 Å². The summed E-state index contributed by atoms with van der Waals surface area (Å²) >= 11 is 0. The van der Waals surface area contributed by atoms with Gasteiger partial charge in [0.1, 0.15) is 17.6 Å². The largest absolute Gasteiger partial charge is 0.497 e. The van der Waals surface area contributed by atoms with Crippen molar-refractivity contribution in [3.63, 3.8) is 0 Å². The molecule has 0 aromatic heterocycles. The Labute approximate surface area is 156 Å². The van der Waals surface area contributed by atoms with Gasteiger partial charge in [-0.2, -0.15) is 0 Å². The molecule has 1 atom stereocenters. The van der Waals surface area contributed by atoms with Crippen molar-refractivity contribution < 1.29 is 14.3 Å². The number of hydrogen-bond acceptors (Lipinski definition) is 4. The Kier molecular flexibility index (Phi) is 6.61. The fourth-order valence-electron chi connectivity index (χ4n) is 3.73. The van der Waals surface area contributed by atoms with Crippen LogP contribution in [0.25, 0.3) is 0 Å². The van der Waals surface area contributed by atoms with Gasteiger partial charge >= 0.3 is 6.03 Å². The lowest BCUT2D eigenvalue weighted by Gasteiger charge is -2.32. The highest BCUT2D eigenvalue weighted by Crippen LogP contribution is 2.22. The third-order valence-electron chi connectivity index (χ3n) is 5.45. The van der Waals surface area contributed by atoms with Crippen LogP contribution in [0.5, 0.6) is 11.5 Å². The molecule has 2 fully saturated rings. The van der Waals surface area contributed by atoms with E-state index in [1.807, 2.05) is 29.2 Å². The van der Waals surface area contributed by atoms with E-state index in [1.165, 1.54) is 6.42 Å². The first-order valence-electron chi connectivity index (χ1n) is 9.73. The Morgan fingerprint density at radius 2 is 1.81 bits per heavy atom. The maximum absolute atomic E-state index is 12.4. The molecule has 26 heavy (non-hydrogen) atoms. The predicted octanol–water partition coefficient (Wildman–Crippen LogP) is 2.59. The molecule has 0 bridgehead atoms. The van der Waals surface area contributed by atoms with Crippen LogP contribution in [-0.4, -0.2) is 68.3 Å². The number of piperidine rings is 1. The van der Waals surface area contributed by atoms with Crippen LogP contribution in [0, 0.1) is 5.92 Å². The monoisotopic (exact) mass is 361 g/mol. The molecule has 0 spiro atoms.